The third kappa shape index (κ3) is 3.85. The summed E-state index contributed by atoms with van der Waals surface area (Å²) in [6, 6.07) is 5.36. The smallest absolute Gasteiger partial charge is 0.260 e. The molecular weight excluding hydrogens is 284 g/mol. The molecule has 0 spiro atoms. The van der Waals surface area contributed by atoms with Gasteiger partial charge in [-0.3, -0.25) is 4.79 Å². The van der Waals surface area contributed by atoms with E-state index in [2.05, 4.69) is 15.5 Å². The predicted molar refractivity (Wildman–Crippen MR) is 82.2 cm³/mol. The third-order valence-corrected chi connectivity index (χ3v) is 3.05. The second-order valence-electron chi connectivity index (χ2n) is 4.51. The Morgan fingerprint density at radius 3 is 2.77 bits per heavy atom. The van der Waals surface area contributed by atoms with E-state index in [1.54, 1.807) is 49.5 Å². The summed E-state index contributed by atoms with van der Waals surface area (Å²) in [5.74, 6) is 1.79. The fourth-order valence-electron chi connectivity index (χ4n) is 1.87. The van der Waals surface area contributed by atoms with Crippen LogP contribution >= 0.6 is 0 Å². The average molecular weight is 302 g/mol. The Morgan fingerprint density at radius 2 is 2.14 bits per heavy atom. The van der Waals surface area contributed by atoms with Crippen LogP contribution in [0.3, 0.4) is 0 Å². The van der Waals surface area contributed by atoms with E-state index >= 15 is 0 Å². The highest BCUT2D eigenvalue weighted by Gasteiger charge is 2.04. The molecule has 1 N–H and O–H groups in total. The van der Waals surface area contributed by atoms with Gasteiger partial charge in [-0.15, -0.1) is 0 Å². The molecule has 1 heterocycles. The number of imidazole rings is 1. The number of aromatic nitrogens is 2. The van der Waals surface area contributed by atoms with Crippen molar-refractivity contribution in [3.63, 3.8) is 0 Å². The maximum Gasteiger partial charge on any atom is 0.260 e. The maximum absolute atomic E-state index is 11.8. The van der Waals surface area contributed by atoms with Crippen molar-refractivity contribution in [1.82, 2.24) is 15.0 Å². The van der Waals surface area contributed by atoms with Gasteiger partial charge in [0.2, 0.25) is 0 Å². The SMILES string of the molecule is COc1ccc(/C=N/NC(=O)Cn2ccnc2C)cc1OC. The summed E-state index contributed by atoms with van der Waals surface area (Å²) in [7, 11) is 3.14. The zero-order valence-corrected chi connectivity index (χ0v) is 12.7. The number of aryl methyl sites for hydroxylation is 1. The van der Waals surface area contributed by atoms with Crippen LogP contribution in [-0.4, -0.2) is 35.9 Å². The van der Waals surface area contributed by atoms with Gasteiger partial charge in [-0.1, -0.05) is 0 Å². The number of amides is 1. The highest BCUT2D eigenvalue weighted by atomic mass is 16.5. The molecule has 0 saturated heterocycles. The van der Waals surface area contributed by atoms with E-state index in [9.17, 15) is 4.79 Å². The number of carbonyl (C=O) groups excluding carboxylic acids is 1. The fraction of sp³-hybridized carbons (Fsp3) is 0.267. The van der Waals surface area contributed by atoms with E-state index in [4.69, 9.17) is 9.47 Å². The quantitative estimate of drug-likeness (QED) is 0.645. The highest BCUT2D eigenvalue weighted by molar-refractivity contribution is 5.83. The number of nitrogens with one attached hydrogen (secondary N) is 1. The van der Waals surface area contributed by atoms with Crippen LogP contribution in [0.5, 0.6) is 11.5 Å². The molecular formula is C15H18N4O3. The molecule has 0 atom stereocenters. The summed E-state index contributed by atoms with van der Waals surface area (Å²) in [4.78, 5) is 15.8. The van der Waals surface area contributed by atoms with Crippen LogP contribution in [-0.2, 0) is 11.3 Å². The van der Waals surface area contributed by atoms with Gasteiger partial charge in [-0.25, -0.2) is 10.4 Å². The predicted octanol–water partition coefficient (Wildman–Crippen LogP) is 1.36. The van der Waals surface area contributed by atoms with Crippen molar-refractivity contribution in [3.8, 4) is 11.5 Å². The third-order valence-electron chi connectivity index (χ3n) is 3.05. The van der Waals surface area contributed by atoms with Crippen LogP contribution in [0.2, 0.25) is 0 Å². The van der Waals surface area contributed by atoms with Crippen LogP contribution in [0.1, 0.15) is 11.4 Å². The number of hydrogen-bond donors (Lipinski definition) is 1. The number of benzene rings is 1. The molecule has 0 aliphatic carbocycles. The molecule has 0 aliphatic rings. The molecule has 2 rings (SSSR count). The molecule has 1 amide bonds. The molecule has 1 aromatic heterocycles. The molecule has 0 saturated carbocycles. The van der Waals surface area contributed by atoms with Crippen LogP contribution in [0.15, 0.2) is 35.7 Å². The van der Waals surface area contributed by atoms with Gasteiger partial charge in [-0.2, -0.15) is 5.10 Å². The van der Waals surface area contributed by atoms with E-state index in [1.165, 1.54) is 0 Å². The number of rotatable bonds is 6. The molecule has 0 aliphatic heterocycles. The van der Waals surface area contributed by atoms with Gasteiger partial charge in [0.25, 0.3) is 5.91 Å². The van der Waals surface area contributed by atoms with E-state index in [1.807, 2.05) is 13.0 Å². The Hall–Kier alpha value is -2.83. The van der Waals surface area contributed by atoms with Gasteiger partial charge in [0.05, 0.1) is 20.4 Å². The first-order chi connectivity index (χ1) is 10.6. The number of methoxy groups -OCH3 is 2. The molecule has 116 valence electrons. The van der Waals surface area contributed by atoms with Crippen LogP contribution < -0.4 is 14.9 Å². The van der Waals surface area contributed by atoms with E-state index in [0.29, 0.717) is 11.5 Å². The summed E-state index contributed by atoms with van der Waals surface area (Å²) in [5, 5.41) is 3.93. The number of ether oxygens (including phenoxy) is 2. The number of hydrogen-bond acceptors (Lipinski definition) is 5. The summed E-state index contributed by atoms with van der Waals surface area (Å²) in [6.45, 7) is 2.01. The fourth-order valence-corrected chi connectivity index (χ4v) is 1.87. The van der Waals surface area contributed by atoms with E-state index < -0.39 is 0 Å². The molecule has 7 heteroatoms. The first kappa shape index (κ1) is 15.6. The van der Waals surface area contributed by atoms with Crippen molar-refractivity contribution in [3.05, 3.63) is 42.0 Å². The largest absolute Gasteiger partial charge is 0.493 e. The van der Waals surface area contributed by atoms with Crippen molar-refractivity contribution in [2.75, 3.05) is 14.2 Å². The van der Waals surface area contributed by atoms with E-state index in [0.717, 1.165) is 11.4 Å². The van der Waals surface area contributed by atoms with Gasteiger partial charge < -0.3 is 14.0 Å². The minimum atomic E-state index is -0.224. The van der Waals surface area contributed by atoms with E-state index in [-0.39, 0.29) is 12.5 Å². The standard InChI is InChI=1S/C15H18N4O3/c1-11-16-6-7-19(11)10-15(20)18-17-9-12-4-5-13(21-2)14(8-12)22-3/h4-9H,10H2,1-3H3,(H,18,20)/b17-9+. The molecule has 7 nitrogen and oxygen atoms in total. The second-order valence-corrected chi connectivity index (χ2v) is 4.51. The average Bonchev–Trinajstić information content (AvgIpc) is 2.92. The van der Waals surface area contributed by atoms with Crippen molar-refractivity contribution in [1.29, 1.82) is 0 Å². The number of hydrazone groups is 1. The Labute approximate surface area is 128 Å². The molecule has 22 heavy (non-hydrogen) atoms. The Kier molecular flexibility index (Phi) is 5.13. The molecule has 1 aromatic carbocycles. The summed E-state index contributed by atoms with van der Waals surface area (Å²) in [5.41, 5.74) is 3.26. The van der Waals surface area contributed by atoms with Gasteiger partial charge in [-0.05, 0) is 30.7 Å². The topological polar surface area (TPSA) is 77.7 Å². The lowest BCUT2D eigenvalue weighted by Gasteiger charge is -2.07. The van der Waals surface area contributed by atoms with Gasteiger partial charge in [0.15, 0.2) is 11.5 Å². The minimum absolute atomic E-state index is 0.176. The first-order valence-electron chi connectivity index (χ1n) is 6.65. The highest BCUT2D eigenvalue weighted by Crippen LogP contribution is 2.26. The Balaban J connectivity index is 1.94. The lowest BCUT2D eigenvalue weighted by atomic mass is 10.2. The first-order valence-corrected chi connectivity index (χ1v) is 6.65. The van der Waals surface area contributed by atoms with Crippen molar-refractivity contribution >= 4 is 12.1 Å². The lowest BCUT2D eigenvalue weighted by molar-refractivity contribution is -0.121. The van der Waals surface area contributed by atoms with Gasteiger partial charge in [0, 0.05) is 12.4 Å². The van der Waals surface area contributed by atoms with Crippen molar-refractivity contribution in [2.45, 2.75) is 13.5 Å². The summed E-state index contributed by atoms with van der Waals surface area (Å²) >= 11 is 0. The lowest BCUT2D eigenvalue weighted by Crippen LogP contribution is -2.23. The van der Waals surface area contributed by atoms with Crippen LogP contribution in [0.4, 0.5) is 0 Å². The van der Waals surface area contributed by atoms with Crippen molar-refractivity contribution in [2.24, 2.45) is 5.10 Å². The molecule has 0 radical (unpaired) electrons. The normalized spacial score (nSPS) is 10.7. The van der Waals surface area contributed by atoms with Crippen molar-refractivity contribution < 1.29 is 14.3 Å². The van der Waals surface area contributed by atoms with Crippen LogP contribution in [0, 0.1) is 6.92 Å². The number of carbonyl (C=O) groups is 1. The summed E-state index contributed by atoms with van der Waals surface area (Å²) in [6.07, 6.45) is 4.93. The second kappa shape index (κ2) is 7.26. The monoisotopic (exact) mass is 302 g/mol. The minimum Gasteiger partial charge on any atom is -0.493 e. The van der Waals surface area contributed by atoms with Gasteiger partial charge >= 0.3 is 0 Å². The zero-order chi connectivity index (χ0) is 15.9. The number of nitrogens with zero attached hydrogens (tertiary/aromatic N) is 3. The molecule has 2 aromatic rings. The Morgan fingerprint density at radius 1 is 1.36 bits per heavy atom. The maximum atomic E-state index is 11.8. The molecule has 0 bridgehead atoms. The summed E-state index contributed by atoms with van der Waals surface area (Å²) < 4.78 is 12.1. The van der Waals surface area contributed by atoms with Gasteiger partial charge in [0.1, 0.15) is 12.4 Å². The Bertz CT molecular complexity index is 679. The molecule has 0 unspecified atom stereocenters. The molecule has 0 fully saturated rings. The zero-order valence-electron chi connectivity index (χ0n) is 12.7. The van der Waals surface area contributed by atoms with Crippen LogP contribution in [0.25, 0.3) is 0 Å².